The molecule has 0 aromatic heterocycles. The van der Waals surface area contributed by atoms with Crippen molar-refractivity contribution >= 4 is 23.3 Å². The summed E-state index contributed by atoms with van der Waals surface area (Å²) in [4.78, 5) is 34.2. The Labute approximate surface area is 149 Å². The molecule has 0 bridgehead atoms. The van der Waals surface area contributed by atoms with E-state index in [2.05, 4.69) is 5.32 Å². The summed E-state index contributed by atoms with van der Waals surface area (Å²) < 4.78 is 10.1. The number of aryl methyl sites for hydroxylation is 1. The first-order valence-electron chi connectivity index (χ1n) is 7.80. The zero-order valence-corrected chi connectivity index (χ0v) is 14.3. The molecule has 2 aromatic carbocycles. The number of esters is 1. The maximum absolute atomic E-state index is 12.1. The lowest BCUT2D eigenvalue weighted by atomic mass is 10.2. The molecule has 2 aromatic rings. The van der Waals surface area contributed by atoms with Gasteiger partial charge in [0.2, 0.25) is 0 Å². The lowest BCUT2D eigenvalue weighted by Gasteiger charge is -2.15. The zero-order valence-electron chi connectivity index (χ0n) is 14.3. The third-order valence-electron chi connectivity index (χ3n) is 3.49. The van der Waals surface area contributed by atoms with E-state index < -0.39 is 29.5 Å². The van der Waals surface area contributed by atoms with E-state index in [9.17, 15) is 19.7 Å². The van der Waals surface area contributed by atoms with Crippen molar-refractivity contribution in [3.05, 3.63) is 64.2 Å². The Morgan fingerprint density at radius 3 is 2.50 bits per heavy atom. The molecule has 1 atom stereocenters. The number of hydrogen-bond donors (Lipinski definition) is 1. The molecule has 0 fully saturated rings. The maximum atomic E-state index is 12.1. The number of ether oxygens (including phenoxy) is 2. The number of rotatable bonds is 7. The van der Waals surface area contributed by atoms with Crippen LogP contribution in [0.15, 0.2) is 48.5 Å². The number of nitrogens with one attached hydrogen (secondary N) is 1. The van der Waals surface area contributed by atoms with Crippen LogP contribution in [0.1, 0.15) is 12.5 Å². The number of benzene rings is 2. The molecule has 0 aliphatic heterocycles. The van der Waals surface area contributed by atoms with Crippen molar-refractivity contribution in [2.24, 2.45) is 0 Å². The van der Waals surface area contributed by atoms with Crippen molar-refractivity contribution in [3.8, 4) is 5.75 Å². The Morgan fingerprint density at radius 2 is 1.81 bits per heavy atom. The van der Waals surface area contributed by atoms with Gasteiger partial charge in [-0.15, -0.1) is 0 Å². The highest BCUT2D eigenvalue weighted by atomic mass is 16.6. The standard InChI is InChI=1S/C18H18N2O6/c1-12-7-3-4-8-14(12)19-18(22)13(2)26-17(21)11-25-16-10-6-5-9-15(16)20(23)24/h3-10,13H,11H2,1-2H3,(H,19,22). The van der Waals surface area contributed by atoms with Crippen LogP contribution in [-0.2, 0) is 14.3 Å². The number of nitro groups is 1. The summed E-state index contributed by atoms with van der Waals surface area (Å²) in [5.74, 6) is -1.35. The summed E-state index contributed by atoms with van der Waals surface area (Å²) in [6.45, 7) is 2.72. The van der Waals surface area contributed by atoms with Crippen molar-refractivity contribution in [3.63, 3.8) is 0 Å². The molecule has 26 heavy (non-hydrogen) atoms. The molecule has 0 radical (unpaired) electrons. The quantitative estimate of drug-likeness (QED) is 0.463. The first-order chi connectivity index (χ1) is 12.4. The molecule has 0 saturated carbocycles. The van der Waals surface area contributed by atoms with Crippen LogP contribution < -0.4 is 10.1 Å². The smallest absolute Gasteiger partial charge is 0.344 e. The van der Waals surface area contributed by atoms with E-state index in [1.54, 1.807) is 18.2 Å². The zero-order chi connectivity index (χ0) is 19.1. The van der Waals surface area contributed by atoms with E-state index in [1.165, 1.54) is 25.1 Å². The summed E-state index contributed by atoms with van der Waals surface area (Å²) in [5.41, 5.74) is 1.24. The highest BCUT2D eigenvalue weighted by molar-refractivity contribution is 5.95. The largest absolute Gasteiger partial charge is 0.475 e. The van der Waals surface area contributed by atoms with Crippen LogP contribution in [-0.4, -0.2) is 29.5 Å². The number of amides is 1. The van der Waals surface area contributed by atoms with Crippen molar-refractivity contribution in [1.82, 2.24) is 0 Å². The molecule has 8 heteroatoms. The number of hydrogen-bond acceptors (Lipinski definition) is 6. The van der Waals surface area contributed by atoms with Crippen LogP contribution in [0.25, 0.3) is 0 Å². The number of carbonyl (C=O) groups is 2. The topological polar surface area (TPSA) is 108 Å². The average Bonchev–Trinajstić information content (AvgIpc) is 2.62. The fourth-order valence-corrected chi connectivity index (χ4v) is 2.10. The van der Waals surface area contributed by atoms with E-state index in [1.807, 2.05) is 19.1 Å². The lowest BCUT2D eigenvalue weighted by molar-refractivity contribution is -0.385. The van der Waals surface area contributed by atoms with Gasteiger partial charge in [0.25, 0.3) is 5.91 Å². The van der Waals surface area contributed by atoms with Gasteiger partial charge in [0.1, 0.15) is 0 Å². The molecule has 0 aliphatic rings. The Balaban J connectivity index is 1.88. The predicted octanol–water partition coefficient (Wildman–Crippen LogP) is 2.85. The monoisotopic (exact) mass is 358 g/mol. The molecule has 0 saturated heterocycles. The molecule has 0 aliphatic carbocycles. The number of nitrogens with zero attached hydrogens (tertiary/aromatic N) is 1. The molecule has 1 unspecified atom stereocenters. The first-order valence-corrected chi connectivity index (χ1v) is 7.80. The molecule has 136 valence electrons. The SMILES string of the molecule is Cc1ccccc1NC(=O)C(C)OC(=O)COc1ccccc1[N+](=O)[O-]. The van der Waals surface area contributed by atoms with Crippen LogP contribution in [0.4, 0.5) is 11.4 Å². The first kappa shape index (κ1) is 18.9. The van der Waals surface area contributed by atoms with Crippen LogP contribution in [0.2, 0.25) is 0 Å². The number of nitro benzene ring substituents is 1. The number of carbonyl (C=O) groups excluding carboxylic acids is 2. The molecule has 8 nitrogen and oxygen atoms in total. The van der Waals surface area contributed by atoms with Crippen LogP contribution in [0.3, 0.4) is 0 Å². The lowest BCUT2D eigenvalue weighted by Crippen LogP contribution is -2.31. The molecule has 0 spiro atoms. The summed E-state index contributed by atoms with van der Waals surface area (Å²) >= 11 is 0. The summed E-state index contributed by atoms with van der Waals surface area (Å²) in [6.07, 6.45) is -1.04. The van der Waals surface area contributed by atoms with Gasteiger partial charge >= 0.3 is 11.7 Å². The van der Waals surface area contributed by atoms with E-state index in [0.29, 0.717) is 5.69 Å². The van der Waals surface area contributed by atoms with Gasteiger partial charge in [-0.3, -0.25) is 14.9 Å². The van der Waals surface area contributed by atoms with Crippen LogP contribution >= 0.6 is 0 Å². The van der Waals surface area contributed by atoms with E-state index in [0.717, 1.165) is 5.56 Å². The Morgan fingerprint density at radius 1 is 1.15 bits per heavy atom. The van der Waals surface area contributed by atoms with E-state index >= 15 is 0 Å². The van der Waals surface area contributed by atoms with Gasteiger partial charge < -0.3 is 14.8 Å². The molecular weight excluding hydrogens is 340 g/mol. The van der Waals surface area contributed by atoms with Gasteiger partial charge in [-0.25, -0.2) is 4.79 Å². The minimum Gasteiger partial charge on any atom is -0.475 e. The third kappa shape index (κ3) is 5.04. The summed E-state index contributed by atoms with van der Waals surface area (Å²) in [7, 11) is 0. The maximum Gasteiger partial charge on any atom is 0.344 e. The van der Waals surface area contributed by atoms with Gasteiger partial charge in [-0.1, -0.05) is 30.3 Å². The minimum absolute atomic E-state index is 0.0496. The molecule has 2 rings (SSSR count). The summed E-state index contributed by atoms with van der Waals surface area (Å²) in [5, 5.41) is 13.6. The van der Waals surface area contributed by atoms with Crippen molar-refractivity contribution in [2.45, 2.75) is 20.0 Å². The third-order valence-corrected chi connectivity index (χ3v) is 3.49. The van der Waals surface area contributed by atoms with Gasteiger partial charge in [0.15, 0.2) is 18.5 Å². The molecular formula is C18H18N2O6. The summed E-state index contributed by atoms with van der Waals surface area (Å²) in [6, 6.07) is 12.9. The van der Waals surface area contributed by atoms with Crippen LogP contribution in [0.5, 0.6) is 5.75 Å². The van der Waals surface area contributed by atoms with Crippen molar-refractivity contribution in [1.29, 1.82) is 0 Å². The highest BCUT2D eigenvalue weighted by Gasteiger charge is 2.20. The average molecular weight is 358 g/mol. The Bertz CT molecular complexity index is 821. The molecule has 0 heterocycles. The van der Waals surface area contributed by atoms with E-state index in [4.69, 9.17) is 9.47 Å². The second-order valence-electron chi connectivity index (χ2n) is 5.45. The Kier molecular flexibility index (Phi) is 6.26. The van der Waals surface area contributed by atoms with Crippen LogP contribution in [0, 0.1) is 17.0 Å². The second kappa shape index (κ2) is 8.61. The van der Waals surface area contributed by atoms with Gasteiger partial charge in [-0.05, 0) is 31.5 Å². The minimum atomic E-state index is -1.04. The second-order valence-corrected chi connectivity index (χ2v) is 5.45. The molecule has 1 amide bonds. The molecule has 1 N–H and O–H groups in total. The Hall–Kier alpha value is -3.42. The fraction of sp³-hybridized carbons (Fsp3) is 0.222. The van der Waals surface area contributed by atoms with Gasteiger partial charge in [0, 0.05) is 11.8 Å². The fourth-order valence-electron chi connectivity index (χ4n) is 2.10. The number of anilines is 1. The van der Waals surface area contributed by atoms with Crippen molar-refractivity contribution in [2.75, 3.05) is 11.9 Å². The van der Waals surface area contributed by atoms with E-state index in [-0.39, 0.29) is 11.4 Å². The normalized spacial score (nSPS) is 11.3. The van der Waals surface area contributed by atoms with Crippen molar-refractivity contribution < 1.29 is 24.0 Å². The predicted molar refractivity (Wildman–Crippen MR) is 94.0 cm³/mol. The van der Waals surface area contributed by atoms with Gasteiger partial charge in [-0.2, -0.15) is 0 Å². The highest BCUT2D eigenvalue weighted by Crippen LogP contribution is 2.25. The van der Waals surface area contributed by atoms with Gasteiger partial charge in [0.05, 0.1) is 4.92 Å². The number of para-hydroxylation sites is 3.